The van der Waals surface area contributed by atoms with E-state index >= 15 is 0 Å². The van der Waals surface area contributed by atoms with Crippen molar-refractivity contribution in [2.45, 2.75) is 51.7 Å². The summed E-state index contributed by atoms with van der Waals surface area (Å²) < 4.78 is 11.7. The zero-order chi connectivity index (χ0) is 22.5. The van der Waals surface area contributed by atoms with Crippen LogP contribution in [-0.4, -0.2) is 81.2 Å². The molecule has 1 aromatic carbocycles. The van der Waals surface area contributed by atoms with Crippen LogP contribution in [0.25, 0.3) is 0 Å². The van der Waals surface area contributed by atoms with Crippen LogP contribution >= 0.6 is 24.0 Å². The topological polar surface area (TPSA) is 78.4 Å². The van der Waals surface area contributed by atoms with E-state index in [1.54, 1.807) is 0 Å². The Morgan fingerprint density at radius 1 is 1.24 bits per heavy atom. The van der Waals surface area contributed by atoms with Crippen LogP contribution in [0.1, 0.15) is 44.6 Å². The minimum atomic E-state index is -0.0183. The molecule has 8 heteroatoms. The minimum absolute atomic E-state index is 0. The lowest BCUT2D eigenvalue weighted by Crippen LogP contribution is -2.40. The molecule has 2 heterocycles. The Labute approximate surface area is 216 Å². The summed E-state index contributed by atoms with van der Waals surface area (Å²) in [4.78, 5) is 7.30. The summed E-state index contributed by atoms with van der Waals surface area (Å²) in [6, 6.07) is 10.7. The molecule has 0 aromatic heterocycles. The molecular weight excluding hydrogens is 531 g/mol. The fourth-order valence-corrected chi connectivity index (χ4v) is 4.48. The zero-order valence-electron chi connectivity index (χ0n) is 20.1. The first kappa shape index (κ1) is 28.3. The van der Waals surface area contributed by atoms with E-state index in [1.165, 1.54) is 5.56 Å². The molecule has 7 nitrogen and oxygen atoms in total. The number of halogens is 1. The van der Waals surface area contributed by atoms with E-state index in [0.29, 0.717) is 19.3 Å². The van der Waals surface area contributed by atoms with Gasteiger partial charge in [0.2, 0.25) is 0 Å². The molecule has 2 aliphatic heterocycles. The number of nitrogens with one attached hydrogen (secondary N) is 2. The molecule has 0 bridgehead atoms. The van der Waals surface area contributed by atoms with Crippen molar-refractivity contribution in [3.63, 3.8) is 0 Å². The highest BCUT2D eigenvalue weighted by Gasteiger charge is 2.34. The van der Waals surface area contributed by atoms with Crippen molar-refractivity contribution in [1.82, 2.24) is 15.5 Å². The number of guanidine groups is 1. The average molecular weight is 575 g/mol. The van der Waals surface area contributed by atoms with Crippen LogP contribution in [0.15, 0.2) is 35.3 Å². The Morgan fingerprint density at radius 3 is 2.70 bits per heavy atom. The molecule has 2 saturated heterocycles. The van der Waals surface area contributed by atoms with Gasteiger partial charge in [0.05, 0.1) is 19.3 Å². The van der Waals surface area contributed by atoms with E-state index in [2.05, 4.69) is 52.8 Å². The summed E-state index contributed by atoms with van der Waals surface area (Å²) in [6.07, 6.45) is 5.27. The number of hydrogen-bond donors (Lipinski definition) is 3. The zero-order valence-corrected chi connectivity index (χ0v) is 22.5. The maximum absolute atomic E-state index is 9.40. The van der Waals surface area contributed by atoms with Gasteiger partial charge in [0, 0.05) is 58.0 Å². The highest BCUT2D eigenvalue weighted by atomic mass is 127. The van der Waals surface area contributed by atoms with E-state index in [-0.39, 0.29) is 36.0 Å². The van der Waals surface area contributed by atoms with E-state index < -0.39 is 0 Å². The SMILES string of the molecule is CCNC(=NCC1(CCO)CCOC1)NCCCOC1CCN(Cc2ccccc2)CC1.I. The summed E-state index contributed by atoms with van der Waals surface area (Å²) >= 11 is 0. The Bertz CT molecular complexity index is 663. The second-order valence-electron chi connectivity index (χ2n) is 9.08. The van der Waals surface area contributed by atoms with Crippen LogP contribution in [0.5, 0.6) is 0 Å². The van der Waals surface area contributed by atoms with Gasteiger partial charge < -0.3 is 25.2 Å². The Morgan fingerprint density at radius 2 is 2.03 bits per heavy atom. The van der Waals surface area contributed by atoms with Crippen molar-refractivity contribution >= 4 is 29.9 Å². The van der Waals surface area contributed by atoms with Gasteiger partial charge in [0.1, 0.15) is 0 Å². The van der Waals surface area contributed by atoms with Crippen LogP contribution in [0.2, 0.25) is 0 Å². The lowest BCUT2D eigenvalue weighted by molar-refractivity contribution is 0.00534. The third-order valence-electron chi connectivity index (χ3n) is 6.49. The van der Waals surface area contributed by atoms with Crippen LogP contribution in [0.3, 0.4) is 0 Å². The van der Waals surface area contributed by atoms with Crippen LogP contribution < -0.4 is 10.6 Å². The minimum Gasteiger partial charge on any atom is -0.396 e. The van der Waals surface area contributed by atoms with Gasteiger partial charge >= 0.3 is 0 Å². The predicted octanol–water partition coefficient (Wildman–Crippen LogP) is 3.02. The number of likely N-dealkylation sites (tertiary alicyclic amines) is 1. The van der Waals surface area contributed by atoms with Crippen molar-refractivity contribution in [3.8, 4) is 0 Å². The summed E-state index contributed by atoms with van der Waals surface area (Å²) in [5.74, 6) is 0.839. The molecule has 1 unspecified atom stereocenters. The maximum Gasteiger partial charge on any atom is 0.191 e. The second-order valence-corrected chi connectivity index (χ2v) is 9.08. The highest BCUT2D eigenvalue weighted by Crippen LogP contribution is 2.32. The normalized spacial score (nSPS) is 22.2. The molecule has 188 valence electrons. The van der Waals surface area contributed by atoms with E-state index in [0.717, 1.165) is 84.0 Å². The number of ether oxygens (including phenoxy) is 2. The van der Waals surface area contributed by atoms with Gasteiger partial charge in [-0.25, -0.2) is 0 Å². The number of aliphatic hydroxyl groups is 1. The van der Waals surface area contributed by atoms with Crippen molar-refractivity contribution in [3.05, 3.63) is 35.9 Å². The molecule has 0 aliphatic carbocycles. The third-order valence-corrected chi connectivity index (χ3v) is 6.49. The first-order valence-corrected chi connectivity index (χ1v) is 12.3. The lowest BCUT2D eigenvalue weighted by Gasteiger charge is -2.32. The number of piperidine rings is 1. The monoisotopic (exact) mass is 574 g/mol. The van der Waals surface area contributed by atoms with Gasteiger partial charge in [-0.05, 0) is 44.6 Å². The highest BCUT2D eigenvalue weighted by molar-refractivity contribution is 14.0. The Balaban J connectivity index is 0.00000385. The molecule has 33 heavy (non-hydrogen) atoms. The van der Waals surface area contributed by atoms with E-state index in [4.69, 9.17) is 14.5 Å². The van der Waals surface area contributed by atoms with Crippen LogP contribution in [-0.2, 0) is 16.0 Å². The predicted molar refractivity (Wildman–Crippen MR) is 144 cm³/mol. The molecule has 2 fully saturated rings. The molecular formula is C25H43IN4O3. The van der Waals surface area contributed by atoms with Crippen molar-refractivity contribution in [2.75, 3.05) is 59.2 Å². The summed E-state index contributed by atoms with van der Waals surface area (Å²) in [7, 11) is 0. The fraction of sp³-hybridized carbons (Fsp3) is 0.720. The Hall–Kier alpha value is -0.940. The number of rotatable bonds is 12. The van der Waals surface area contributed by atoms with Crippen LogP contribution in [0.4, 0.5) is 0 Å². The second kappa shape index (κ2) is 15.9. The number of aliphatic imine (C=N–C) groups is 1. The average Bonchev–Trinajstić information content (AvgIpc) is 3.28. The van der Waals surface area contributed by atoms with Gasteiger partial charge in [0.15, 0.2) is 5.96 Å². The molecule has 3 rings (SSSR count). The first-order valence-electron chi connectivity index (χ1n) is 12.3. The fourth-order valence-electron chi connectivity index (χ4n) is 4.48. The van der Waals surface area contributed by atoms with E-state index in [9.17, 15) is 5.11 Å². The van der Waals surface area contributed by atoms with Gasteiger partial charge in [0.25, 0.3) is 0 Å². The van der Waals surface area contributed by atoms with Crippen molar-refractivity contribution in [2.24, 2.45) is 10.4 Å². The Kier molecular flexibility index (Phi) is 13.6. The molecule has 0 amide bonds. The summed E-state index contributed by atoms with van der Waals surface area (Å²) in [5, 5.41) is 16.1. The summed E-state index contributed by atoms with van der Waals surface area (Å²) in [5.41, 5.74) is 1.37. The smallest absolute Gasteiger partial charge is 0.191 e. The van der Waals surface area contributed by atoms with Crippen molar-refractivity contribution < 1.29 is 14.6 Å². The largest absolute Gasteiger partial charge is 0.396 e. The van der Waals surface area contributed by atoms with Gasteiger partial charge in [-0.15, -0.1) is 24.0 Å². The quantitative estimate of drug-likeness (QED) is 0.154. The van der Waals surface area contributed by atoms with Crippen molar-refractivity contribution in [1.29, 1.82) is 0 Å². The molecule has 0 radical (unpaired) electrons. The number of aliphatic hydroxyl groups excluding tert-OH is 1. The molecule has 3 N–H and O–H groups in total. The molecule has 0 saturated carbocycles. The number of nitrogens with zero attached hydrogens (tertiary/aromatic N) is 2. The summed E-state index contributed by atoms with van der Waals surface area (Å²) in [6.45, 7) is 10.1. The molecule has 1 aromatic rings. The molecule has 0 spiro atoms. The first-order chi connectivity index (χ1) is 15.7. The molecule has 2 aliphatic rings. The number of hydrogen-bond acceptors (Lipinski definition) is 5. The number of benzene rings is 1. The van der Waals surface area contributed by atoms with Gasteiger partial charge in [-0.3, -0.25) is 9.89 Å². The van der Waals surface area contributed by atoms with Crippen LogP contribution in [0, 0.1) is 5.41 Å². The van der Waals surface area contributed by atoms with Gasteiger partial charge in [-0.2, -0.15) is 0 Å². The maximum atomic E-state index is 9.40. The van der Waals surface area contributed by atoms with E-state index in [1.807, 2.05) is 0 Å². The van der Waals surface area contributed by atoms with Gasteiger partial charge in [-0.1, -0.05) is 30.3 Å². The lowest BCUT2D eigenvalue weighted by atomic mass is 9.84. The third kappa shape index (κ3) is 10.1. The molecule has 1 atom stereocenters. The standard InChI is InChI=1S/C25H42N4O3.HI/c1-2-26-24(28-20-25(11-16-30)12-18-31-21-25)27-13-6-17-32-23-9-14-29(15-10-23)19-22-7-4-3-5-8-22;/h3-5,7-8,23,30H,2,6,9-21H2,1H3,(H2,26,27,28);1H.